The molecule has 0 saturated heterocycles. The van der Waals surface area contributed by atoms with Crippen molar-refractivity contribution in [3.8, 4) is 17.0 Å². The van der Waals surface area contributed by atoms with Crippen molar-refractivity contribution in [3.05, 3.63) is 35.7 Å². The molecular formula is C12H10FNO4. The molecule has 1 aromatic heterocycles. The number of carbonyl (C=O) groups is 1. The Kier molecular flexibility index (Phi) is 3.01. The number of rotatable bonds is 3. The van der Waals surface area contributed by atoms with E-state index in [0.717, 1.165) is 6.07 Å². The van der Waals surface area contributed by atoms with Gasteiger partial charge in [-0.25, -0.2) is 14.2 Å². The van der Waals surface area contributed by atoms with E-state index in [0.29, 0.717) is 5.75 Å². The van der Waals surface area contributed by atoms with Crippen molar-refractivity contribution in [1.29, 1.82) is 0 Å². The second-order valence-electron chi connectivity index (χ2n) is 3.56. The number of carboxylic acids is 1. The van der Waals surface area contributed by atoms with Gasteiger partial charge in [-0.05, 0) is 12.1 Å². The van der Waals surface area contributed by atoms with E-state index in [-0.39, 0.29) is 22.9 Å². The molecule has 0 saturated carbocycles. The number of aryl methyl sites for hydroxylation is 1. The number of carboxylic acid groups (broad SMARTS) is 1. The molecule has 1 aromatic carbocycles. The maximum Gasteiger partial charge on any atom is 0.374 e. The normalized spacial score (nSPS) is 10.4. The fourth-order valence-electron chi connectivity index (χ4n) is 1.57. The van der Waals surface area contributed by atoms with Gasteiger partial charge in [-0.2, -0.15) is 0 Å². The maximum absolute atomic E-state index is 13.8. The van der Waals surface area contributed by atoms with E-state index >= 15 is 0 Å². The molecule has 0 atom stereocenters. The van der Waals surface area contributed by atoms with Crippen LogP contribution in [0.5, 0.6) is 5.75 Å². The number of aromatic carboxylic acids is 1. The Morgan fingerprint density at radius 1 is 1.50 bits per heavy atom. The molecule has 0 aliphatic heterocycles. The lowest BCUT2D eigenvalue weighted by atomic mass is 10.1. The molecule has 0 aliphatic rings. The van der Waals surface area contributed by atoms with Crippen LogP contribution in [0.2, 0.25) is 0 Å². The van der Waals surface area contributed by atoms with Crippen LogP contribution >= 0.6 is 0 Å². The van der Waals surface area contributed by atoms with Crippen LogP contribution in [0.4, 0.5) is 4.39 Å². The fraction of sp³-hybridized carbons (Fsp3) is 0.167. The SMILES string of the molecule is COc1ccc(-c2nc(C)oc2C(=O)O)c(F)c1. The first-order valence-corrected chi connectivity index (χ1v) is 5.07. The molecule has 6 heteroatoms. The maximum atomic E-state index is 13.8. The summed E-state index contributed by atoms with van der Waals surface area (Å²) in [5.41, 5.74) is 0.0326. The average molecular weight is 251 g/mol. The molecule has 0 radical (unpaired) electrons. The standard InChI is InChI=1S/C12H10FNO4/c1-6-14-10(11(18-6)12(15)16)8-4-3-7(17-2)5-9(8)13/h3-5H,1-2H3,(H,15,16). The van der Waals surface area contributed by atoms with Crippen molar-refractivity contribution in [1.82, 2.24) is 4.98 Å². The van der Waals surface area contributed by atoms with Gasteiger partial charge in [0.2, 0.25) is 5.76 Å². The van der Waals surface area contributed by atoms with Gasteiger partial charge >= 0.3 is 5.97 Å². The third-order valence-corrected chi connectivity index (χ3v) is 2.36. The third kappa shape index (κ3) is 2.04. The van der Waals surface area contributed by atoms with Gasteiger partial charge in [-0.1, -0.05) is 0 Å². The van der Waals surface area contributed by atoms with Gasteiger partial charge < -0.3 is 14.3 Å². The number of hydrogen-bond donors (Lipinski definition) is 1. The summed E-state index contributed by atoms with van der Waals surface area (Å²) in [5.74, 6) is -1.78. The second kappa shape index (κ2) is 4.48. The Balaban J connectivity index is 2.58. The zero-order chi connectivity index (χ0) is 13.3. The van der Waals surface area contributed by atoms with Crippen LogP contribution in [0, 0.1) is 12.7 Å². The molecule has 1 N–H and O–H groups in total. The molecule has 5 nitrogen and oxygen atoms in total. The molecule has 0 spiro atoms. The van der Waals surface area contributed by atoms with Crippen LogP contribution in [0.3, 0.4) is 0 Å². The highest BCUT2D eigenvalue weighted by atomic mass is 19.1. The van der Waals surface area contributed by atoms with Gasteiger partial charge in [-0.15, -0.1) is 0 Å². The predicted molar refractivity (Wildman–Crippen MR) is 60.1 cm³/mol. The van der Waals surface area contributed by atoms with Gasteiger partial charge in [-0.3, -0.25) is 0 Å². The largest absolute Gasteiger partial charge is 0.497 e. The third-order valence-electron chi connectivity index (χ3n) is 2.36. The Morgan fingerprint density at radius 2 is 2.22 bits per heavy atom. The van der Waals surface area contributed by atoms with Gasteiger partial charge in [0, 0.05) is 18.6 Å². The molecule has 18 heavy (non-hydrogen) atoms. The Morgan fingerprint density at radius 3 is 2.78 bits per heavy atom. The van der Waals surface area contributed by atoms with E-state index in [1.165, 1.54) is 26.2 Å². The second-order valence-corrected chi connectivity index (χ2v) is 3.56. The fourth-order valence-corrected chi connectivity index (χ4v) is 1.57. The average Bonchev–Trinajstić information content (AvgIpc) is 2.71. The first-order chi connectivity index (χ1) is 8.52. The lowest BCUT2D eigenvalue weighted by molar-refractivity contribution is 0.0662. The Bertz CT molecular complexity index is 606. The van der Waals surface area contributed by atoms with Gasteiger partial charge in [0.1, 0.15) is 17.3 Å². The van der Waals surface area contributed by atoms with Crippen molar-refractivity contribution >= 4 is 5.97 Å². The minimum absolute atomic E-state index is 0.0276. The lowest BCUT2D eigenvalue weighted by Crippen LogP contribution is -1.98. The number of benzene rings is 1. The first kappa shape index (κ1) is 12.1. The van der Waals surface area contributed by atoms with E-state index in [2.05, 4.69) is 4.98 Å². The smallest absolute Gasteiger partial charge is 0.374 e. The molecule has 0 fully saturated rings. The number of hydrogen-bond acceptors (Lipinski definition) is 4. The molecule has 0 amide bonds. The molecule has 0 unspecified atom stereocenters. The summed E-state index contributed by atoms with van der Waals surface area (Å²) in [6.45, 7) is 1.50. The van der Waals surface area contributed by atoms with Crippen molar-refractivity contribution < 1.29 is 23.4 Å². The van der Waals surface area contributed by atoms with E-state index < -0.39 is 11.8 Å². The van der Waals surface area contributed by atoms with Crippen molar-refractivity contribution in [2.45, 2.75) is 6.92 Å². The van der Waals surface area contributed by atoms with E-state index in [1.54, 1.807) is 0 Å². The van der Waals surface area contributed by atoms with Crippen molar-refractivity contribution in [2.75, 3.05) is 7.11 Å². The number of halogens is 1. The summed E-state index contributed by atoms with van der Waals surface area (Å²) < 4.78 is 23.6. The predicted octanol–water partition coefficient (Wildman–Crippen LogP) is 2.50. The summed E-state index contributed by atoms with van der Waals surface area (Å²) in [4.78, 5) is 14.9. The number of nitrogens with zero attached hydrogens (tertiary/aromatic N) is 1. The van der Waals surface area contributed by atoms with E-state index in [1.807, 2.05) is 0 Å². The van der Waals surface area contributed by atoms with Crippen LogP contribution in [0.25, 0.3) is 11.3 Å². The summed E-state index contributed by atoms with van der Waals surface area (Å²) in [7, 11) is 1.41. The molecule has 2 rings (SSSR count). The highest BCUT2D eigenvalue weighted by Crippen LogP contribution is 2.28. The summed E-state index contributed by atoms with van der Waals surface area (Å²) in [5, 5.41) is 8.95. The van der Waals surface area contributed by atoms with Crippen LogP contribution in [-0.2, 0) is 0 Å². The Labute approximate surface area is 102 Å². The number of aromatic nitrogens is 1. The molecular weight excluding hydrogens is 241 g/mol. The molecule has 1 heterocycles. The van der Waals surface area contributed by atoms with Gasteiger partial charge in [0.05, 0.1) is 7.11 Å². The molecule has 0 bridgehead atoms. The molecule has 0 aliphatic carbocycles. The quantitative estimate of drug-likeness (QED) is 0.907. The van der Waals surface area contributed by atoms with Crippen LogP contribution in [0.15, 0.2) is 22.6 Å². The lowest BCUT2D eigenvalue weighted by Gasteiger charge is -2.03. The van der Waals surface area contributed by atoms with Crippen molar-refractivity contribution in [3.63, 3.8) is 0 Å². The monoisotopic (exact) mass is 251 g/mol. The minimum atomic E-state index is -1.29. The van der Waals surface area contributed by atoms with Crippen LogP contribution < -0.4 is 4.74 Å². The highest BCUT2D eigenvalue weighted by Gasteiger charge is 2.22. The van der Waals surface area contributed by atoms with Crippen molar-refractivity contribution in [2.24, 2.45) is 0 Å². The Hall–Kier alpha value is -2.37. The van der Waals surface area contributed by atoms with Crippen LogP contribution in [0.1, 0.15) is 16.4 Å². The van der Waals surface area contributed by atoms with Gasteiger partial charge in [0.25, 0.3) is 0 Å². The summed E-state index contributed by atoms with van der Waals surface area (Å²) >= 11 is 0. The highest BCUT2D eigenvalue weighted by molar-refractivity contribution is 5.91. The molecule has 2 aromatic rings. The van der Waals surface area contributed by atoms with E-state index in [4.69, 9.17) is 14.3 Å². The summed E-state index contributed by atoms with van der Waals surface area (Å²) in [6, 6.07) is 4.08. The zero-order valence-electron chi connectivity index (χ0n) is 9.73. The van der Waals surface area contributed by atoms with Gasteiger partial charge in [0.15, 0.2) is 5.89 Å². The molecule has 94 valence electrons. The van der Waals surface area contributed by atoms with E-state index in [9.17, 15) is 9.18 Å². The van der Waals surface area contributed by atoms with Crippen LogP contribution in [-0.4, -0.2) is 23.2 Å². The first-order valence-electron chi connectivity index (χ1n) is 5.07. The number of methoxy groups -OCH3 is 1. The summed E-state index contributed by atoms with van der Waals surface area (Å²) in [6.07, 6.45) is 0. The number of oxazole rings is 1. The zero-order valence-corrected chi connectivity index (χ0v) is 9.73. The number of ether oxygens (including phenoxy) is 1. The minimum Gasteiger partial charge on any atom is -0.497 e. The topological polar surface area (TPSA) is 72.6 Å².